The number of piperazine rings is 1. The van der Waals surface area contributed by atoms with E-state index in [-0.39, 0.29) is 31.7 Å². The number of rotatable bonds is 5. The number of hydrazone groups is 1. The molecule has 8 nitrogen and oxygen atoms in total. The summed E-state index contributed by atoms with van der Waals surface area (Å²) >= 11 is 18.8. The minimum atomic E-state index is -3.98. The first-order valence-electron chi connectivity index (χ1n) is 11.4. The summed E-state index contributed by atoms with van der Waals surface area (Å²) in [6.45, 7) is 3.09. The Morgan fingerprint density at radius 2 is 1.84 bits per heavy atom. The third-order valence-electron chi connectivity index (χ3n) is 6.50. The van der Waals surface area contributed by atoms with E-state index in [4.69, 9.17) is 34.8 Å². The second-order valence-electron chi connectivity index (χ2n) is 9.06. The molecule has 1 aliphatic heterocycles. The van der Waals surface area contributed by atoms with E-state index in [1.54, 1.807) is 18.2 Å². The Morgan fingerprint density at radius 3 is 2.49 bits per heavy atom. The molecule has 0 unspecified atom stereocenters. The minimum absolute atomic E-state index is 0.0693. The molecule has 5 rings (SSSR count). The van der Waals surface area contributed by atoms with Crippen molar-refractivity contribution in [3.05, 3.63) is 80.9 Å². The van der Waals surface area contributed by atoms with Crippen LogP contribution in [0.3, 0.4) is 0 Å². The molecule has 1 aliphatic carbocycles. The Kier molecular flexibility index (Phi) is 6.95. The van der Waals surface area contributed by atoms with Crippen molar-refractivity contribution in [3.63, 3.8) is 0 Å². The Morgan fingerprint density at radius 1 is 1.11 bits per heavy atom. The van der Waals surface area contributed by atoms with E-state index in [0.29, 0.717) is 25.2 Å². The molecule has 2 aliphatic rings. The quantitative estimate of drug-likeness (QED) is 0.199. The van der Waals surface area contributed by atoms with Crippen molar-refractivity contribution in [2.45, 2.75) is 30.2 Å². The largest absolute Gasteiger partial charge is 0.350 e. The number of aromatic nitrogens is 2. The van der Waals surface area contributed by atoms with Gasteiger partial charge in [0.2, 0.25) is 0 Å². The van der Waals surface area contributed by atoms with E-state index >= 15 is 0 Å². The van der Waals surface area contributed by atoms with E-state index in [9.17, 15) is 12.8 Å². The lowest BCUT2D eigenvalue weighted by Gasteiger charge is -2.44. The third kappa shape index (κ3) is 5.20. The number of hydrogen-bond acceptors (Lipinski definition) is 6. The summed E-state index contributed by atoms with van der Waals surface area (Å²) in [6.07, 6.45) is 4.42. The monoisotopic (exact) mass is 582 g/mol. The predicted octanol–water partition coefficient (Wildman–Crippen LogP) is 4.88. The summed E-state index contributed by atoms with van der Waals surface area (Å²) in [6, 6.07) is 9.22. The highest BCUT2D eigenvalue weighted by molar-refractivity contribution is 7.89. The van der Waals surface area contributed by atoms with Crippen molar-refractivity contribution in [2.24, 2.45) is 5.10 Å². The number of nitrogens with zero attached hydrogens (tertiary/aromatic N) is 5. The number of anilines is 1. The Labute approximate surface area is 229 Å². The van der Waals surface area contributed by atoms with Gasteiger partial charge in [-0.25, -0.2) is 14.4 Å². The number of sulfonamides is 1. The molecule has 1 aromatic carbocycles. The van der Waals surface area contributed by atoms with E-state index in [1.165, 1.54) is 30.6 Å². The van der Waals surface area contributed by atoms with Gasteiger partial charge in [0.1, 0.15) is 5.15 Å². The molecular weight excluding hydrogens is 562 g/mol. The standard InChI is InChI=1S/C24H22Cl3FN6O2S/c1-15-2-4-17(5-3-15)37(35,36)32-31-23(20-18(26)6-9-29-21(20)27)34-11-10-33(14-24(34)7-8-24)22-19(28)12-16(25)13-30-22/h2-6,9,12-13,32H,7-8,10-11,14H2,1H3/b31-23-. The summed E-state index contributed by atoms with van der Waals surface area (Å²) in [5.74, 6) is -0.0401. The zero-order chi connectivity index (χ0) is 26.4. The van der Waals surface area contributed by atoms with Crippen molar-refractivity contribution in [3.8, 4) is 0 Å². The van der Waals surface area contributed by atoms with Gasteiger partial charge in [-0.3, -0.25) is 0 Å². The number of amidine groups is 1. The van der Waals surface area contributed by atoms with E-state index in [2.05, 4.69) is 19.9 Å². The molecule has 13 heteroatoms. The first-order chi connectivity index (χ1) is 17.6. The average molecular weight is 584 g/mol. The molecule has 37 heavy (non-hydrogen) atoms. The first kappa shape index (κ1) is 26.0. The van der Waals surface area contributed by atoms with Crippen LogP contribution in [-0.2, 0) is 10.0 Å². The smallest absolute Gasteiger partial charge is 0.276 e. The van der Waals surface area contributed by atoms with Crippen LogP contribution in [0.4, 0.5) is 10.2 Å². The molecule has 3 aromatic rings. The number of halogens is 4. The predicted molar refractivity (Wildman–Crippen MR) is 142 cm³/mol. The van der Waals surface area contributed by atoms with E-state index in [0.717, 1.165) is 18.4 Å². The van der Waals surface area contributed by atoms with Gasteiger partial charge in [-0.2, -0.15) is 13.2 Å². The van der Waals surface area contributed by atoms with Gasteiger partial charge >= 0.3 is 0 Å². The molecule has 1 N–H and O–H groups in total. The van der Waals surface area contributed by atoms with Crippen LogP contribution in [0.25, 0.3) is 0 Å². The topological polar surface area (TPSA) is 90.8 Å². The highest BCUT2D eigenvalue weighted by Gasteiger charge is 2.53. The van der Waals surface area contributed by atoms with Crippen LogP contribution in [0, 0.1) is 12.7 Å². The Bertz CT molecular complexity index is 1460. The molecule has 1 saturated carbocycles. The van der Waals surface area contributed by atoms with Gasteiger partial charge in [0.25, 0.3) is 10.0 Å². The van der Waals surface area contributed by atoms with Crippen LogP contribution in [0.15, 0.2) is 58.8 Å². The molecule has 2 aromatic heterocycles. The van der Waals surface area contributed by atoms with Gasteiger partial charge in [-0.05, 0) is 44.0 Å². The lowest BCUT2D eigenvalue weighted by atomic mass is 10.1. The van der Waals surface area contributed by atoms with Gasteiger partial charge in [0.05, 0.1) is 26.0 Å². The van der Waals surface area contributed by atoms with Crippen molar-refractivity contribution >= 4 is 56.5 Å². The van der Waals surface area contributed by atoms with Crippen molar-refractivity contribution < 1.29 is 12.8 Å². The summed E-state index contributed by atoms with van der Waals surface area (Å²) in [5, 5.41) is 4.92. The number of hydrogen-bond donors (Lipinski definition) is 1. The zero-order valence-electron chi connectivity index (χ0n) is 19.6. The first-order valence-corrected chi connectivity index (χ1v) is 14.0. The lowest BCUT2D eigenvalue weighted by Crippen LogP contribution is -2.58. The maximum absolute atomic E-state index is 14.6. The second kappa shape index (κ2) is 9.90. The lowest BCUT2D eigenvalue weighted by molar-refractivity contribution is 0.257. The fraction of sp³-hybridized carbons (Fsp3) is 0.292. The van der Waals surface area contributed by atoms with Gasteiger partial charge in [-0.15, -0.1) is 5.10 Å². The molecule has 0 bridgehead atoms. The maximum Gasteiger partial charge on any atom is 0.276 e. The molecule has 1 saturated heterocycles. The minimum Gasteiger partial charge on any atom is -0.350 e. The van der Waals surface area contributed by atoms with E-state index in [1.807, 2.05) is 16.7 Å². The molecule has 194 valence electrons. The molecule has 3 heterocycles. The molecule has 0 radical (unpaired) electrons. The van der Waals surface area contributed by atoms with Crippen LogP contribution in [0.1, 0.15) is 24.0 Å². The second-order valence-corrected chi connectivity index (χ2v) is 11.9. The number of nitrogens with one attached hydrogen (secondary N) is 1. The van der Waals surface area contributed by atoms with E-state index < -0.39 is 21.4 Å². The van der Waals surface area contributed by atoms with Crippen molar-refractivity contribution in [1.82, 2.24) is 19.7 Å². The third-order valence-corrected chi connectivity index (χ3v) is 8.54. The molecule has 0 amide bonds. The molecule has 1 spiro atoms. The van der Waals surface area contributed by atoms with Crippen LogP contribution < -0.4 is 9.73 Å². The number of benzene rings is 1. The van der Waals surface area contributed by atoms with Crippen LogP contribution >= 0.6 is 34.8 Å². The van der Waals surface area contributed by atoms with Crippen LogP contribution in [0.2, 0.25) is 15.2 Å². The molecular formula is C24H22Cl3FN6O2S. The van der Waals surface area contributed by atoms with Crippen LogP contribution in [-0.4, -0.2) is 54.3 Å². The normalized spacial score (nSPS) is 17.3. The summed E-state index contributed by atoms with van der Waals surface area (Å²) in [5.41, 5.74) is 0.799. The molecule has 2 fully saturated rings. The maximum atomic E-state index is 14.6. The summed E-state index contributed by atoms with van der Waals surface area (Å²) in [7, 11) is -3.98. The number of aryl methyl sites for hydroxylation is 1. The van der Waals surface area contributed by atoms with Crippen molar-refractivity contribution in [1.29, 1.82) is 0 Å². The summed E-state index contributed by atoms with van der Waals surface area (Å²) < 4.78 is 40.7. The van der Waals surface area contributed by atoms with Crippen LogP contribution in [0.5, 0.6) is 0 Å². The highest BCUT2D eigenvalue weighted by atomic mass is 35.5. The van der Waals surface area contributed by atoms with Gasteiger partial charge in [0.15, 0.2) is 17.5 Å². The fourth-order valence-electron chi connectivity index (χ4n) is 4.44. The number of pyridine rings is 2. The Balaban J connectivity index is 1.51. The average Bonchev–Trinajstić information content (AvgIpc) is 3.61. The highest BCUT2D eigenvalue weighted by Crippen LogP contribution is 2.46. The van der Waals surface area contributed by atoms with Gasteiger partial charge < -0.3 is 9.80 Å². The SMILES string of the molecule is Cc1ccc(S(=O)(=O)N/N=C(/c2c(Cl)ccnc2Cl)N2CCN(c3ncc(Cl)cc3F)CC23CC3)cc1. The molecule has 0 atom stereocenters. The van der Waals surface area contributed by atoms with Gasteiger partial charge in [-0.1, -0.05) is 52.5 Å². The zero-order valence-corrected chi connectivity index (χ0v) is 22.7. The van der Waals surface area contributed by atoms with Gasteiger partial charge in [0, 0.05) is 32.0 Å². The Hall–Kier alpha value is -2.66. The fourth-order valence-corrected chi connectivity index (χ4v) is 5.91. The summed E-state index contributed by atoms with van der Waals surface area (Å²) in [4.78, 5) is 14.6. The van der Waals surface area contributed by atoms with Crippen molar-refractivity contribution in [2.75, 3.05) is 24.5 Å².